The summed E-state index contributed by atoms with van der Waals surface area (Å²) >= 11 is 0. The Labute approximate surface area is 122 Å². The highest BCUT2D eigenvalue weighted by molar-refractivity contribution is 5.95. The van der Waals surface area contributed by atoms with Gasteiger partial charge in [0.2, 0.25) is 11.7 Å². The van der Waals surface area contributed by atoms with E-state index in [1.807, 2.05) is 18.2 Å². The third kappa shape index (κ3) is 2.78. The van der Waals surface area contributed by atoms with Crippen molar-refractivity contribution in [3.05, 3.63) is 48.1 Å². The molecular weight excluding hydrogens is 269 g/mol. The predicted octanol–water partition coefficient (Wildman–Crippen LogP) is 3.53. The van der Waals surface area contributed by atoms with Gasteiger partial charge in [0.05, 0.1) is 6.54 Å². The van der Waals surface area contributed by atoms with Crippen LogP contribution in [0.2, 0.25) is 0 Å². The SMILES string of the molecule is CCCNCc1nc(-c2ccc(F)c3ccccc23)no1. The van der Waals surface area contributed by atoms with Gasteiger partial charge in [0.15, 0.2) is 0 Å². The fraction of sp³-hybridized carbons (Fsp3) is 0.250. The third-order valence-corrected chi connectivity index (χ3v) is 3.28. The van der Waals surface area contributed by atoms with Crippen LogP contribution in [0, 0.1) is 5.82 Å². The van der Waals surface area contributed by atoms with Crippen molar-refractivity contribution >= 4 is 10.8 Å². The molecule has 1 N–H and O–H groups in total. The van der Waals surface area contributed by atoms with Crippen LogP contribution < -0.4 is 5.32 Å². The van der Waals surface area contributed by atoms with Gasteiger partial charge in [-0.05, 0) is 30.5 Å². The fourth-order valence-corrected chi connectivity index (χ4v) is 2.27. The first-order valence-electron chi connectivity index (χ1n) is 7.00. The molecule has 1 heterocycles. The zero-order chi connectivity index (χ0) is 14.7. The molecule has 3 rings (SSSR count). The normalized spacial score (nSPS) is 11.1. The highest BCUT2D eigenvalue weighted by atomic mass is 19.1. The lowest BCUT2D eigenvalue weighted by molar-refractivity contribution is 0.368. The van der Waals surface area contributed by atoms with Crippen molar-refractivity contribution in [2.75, 3.05) is 6.54 Å². The molecule has 1 aromatic heterocycles. The number of hydrogen-bond donors (Lipinski definition) is 1. The maximum atomic E-state index is 13.8. The van der Waals surface area contributed by atoms with E-state index in [1.54, 1.807) is 12.1 Å². The second kappa shape index (κ2) is 6.01. The first-order valence-corrected chi connectivity index (χ1v) is 7.00. The first-order chi connectivity index (χ1) is 10.3. The van der Waals surface area contributed by atoms with Crippen molar-refractivity contribution in [1.82, 2.24) is 15.5 Å². The second-order valence-corrected chi connectivity index (χ2v) is 4.83. The Morgan fingerprint density at radius 2 is 1.95 bits per heavy atom. The minimum atomic E-state index is -0.248. The molecule has 0 saturated carbocycles. The van der Waals surface area contributed by atoms with Gasteiger partial charge in [0.1, 0.15) is 5.82 Å². The molecule has 0 saturated heterocycles. The van der Waals surface area contributed by atoms with E-state index in [0.29, 0.717) is 23.6 Å². The lowest BCUT2D eigenvalue weighted by atomic mass is 10.0. The summed E-state index contributed by atoms with van der Waals surface area (Å²) in [6, 6.07) is 10.4. The van der Waals surface area contributed by atoms with Crippen molar-refractivity contribution in [1.29, 1.82) is 0 Å². The molecule has 0 spiro atoms. The molecule has 0 radical (unpaired) electrons. The molecule has 0 aliphatic carbocycles. The number of nitrogens with zero attached hydrogens (tertiary/aromatic N) is 2. The van der Waals surface area contributed by atoms with Crippen LogP contribution in [0.4, 0.5) is 4.39 Å². The van der Waals surface area contributed by atoms with Crippen LogP contribution in [0.25, 0.3) is 22.2 Å². The smallest absolute Gasteiger partial charge is 0.240 e. The van der Waals surface area contributed by atoms with E-state index in [2.05, 4.69) is 22.4 Å². The van der Waals surface area contributed by atoms with Gasteiger partial charge in [0, 0.05) is 10.9 Å². The van der Waals surface area contributed by atoms with Gasteiger partial charge in [-0.15, -0.1) is 0 Å². The Kier molecular flexibility index (Phi) is 3.92. The van der Waals surface area contributed by atoms with E-state index in [9.17, 15) is 4.39 Å². The molecular formula is C16H16FN3O. The van der Waals surface area contributed by atoms with Crippen LogP contribution in [-0.4, -0.2) is 16.7 Å². The molecule has 0 aliphatic rings. The van der Waals surface area contributed by atoms with Crippen LogP contribution in [-0.2, 0) is 6.54 Å². The highest BCUT2D eigenvalue weighted by Gasteiger charge is 2.13. The summed E-state index contributed by atoms with van der Waals surface area (Å²) in [5.74, 6) is 0.772. The molecule has 4 nitrogen and oxygen atoms in total. The number of fused-ring (bicyclic) bond motifs is 1. The Morgan fingerprint density at radius 1 is 1.14 bits per heavy atom. The van der Waals surface area contributed by atoms with Crippen LogP contribution in [0.1, 0.15) is 19.2 Å². The Morgan fingerprint density at radius 3 is 2.76 bits per heavy atom. The second-order valence-electron chi connectivity index (χ2n) is 4.83. The lowest BCUT2D eigenvalue weighted by Crippen LogP contribution is -2.13. The van der Waals surface area contributed by atoms with Crippen LogP contribution >= 0.6 is 0 Å². The number of hydrogen-bond acceptors (Lipinski definition) is 4. The van der Waals surface area contributed by atoms with E-state index in [4.69, 9.17) is 4.52 Å². The Hall–Kier alpha value is -2.27. The molecule has 0 bridgehead atoms. The topological polar surface area (TPSA) is 51.0 Å². The number of halogens is 1. The minimum absolute atomic E-state index is 0.248. The minimum Gasteiger partial charge on any atom is -0.338 e. The van der Waals surface area contributed by atoms with Gasteiger partial charge in [-0.2, -0.15) is 4.98 Å². The average molecular weight is 285 g/mol. The standard InChI is InChI=1S/C16H16FN3O/c1-2-9-18-10-15-19-16(20-21-15)13-7-8-14(17)12-6-4-3-5-11(12)13/h3-8,18H,2,9-10H2,1H3. The molecule has 2 aromatic carbocycles. The maximum Gasteiger partial charge on any atom is 0.240 e. The van der Waals surface area contributed by atoms with Crippen molar-refractivity contribution in [3.63, 3.8) is 0 Å². The summed E-state index contributed by atoms with van der Waals surface area (Å²) in [7, 11) is 0. The molecule has 0 atom stereocenters. The van der Waals surface area contributed by atoms with Crippen molar-refractivity contribution in [2.45, 2.75) is 19.9 Å². The van der Waals surface area contributed by atoms with Crippen LogP contribution in [0.3, 0.4) is 0 Å². The summed E-state index contributed by atoms with van der Waals surface area (Å²) in [5, 5.41) is 8.55. The summed E-state index contributed by atoms with van der Waals surface area (Å²) in [6.45, 7) is 3.54. The number of rotatable bonds is 5. The Bertz CT molecular complexity index is 754. The molecule has 108 valence electrons. The van der Waals surface area contributed by atoms with E-state index in [-0.39, 0.29) is 5.82 Å². The zero-order valence-corrected chi connectivity index (χ0v) is 11.8. The maximum absolute atomic E-state index is 13.8. The van der Waals surface area contributed by atoms with Crippen LogP contribution in [0.15, 0.2) is 40.9 Å². The molecule has 3 aromatic rings. The summed E-state index contributed by atoms with van der Waals surface area (Å²) in [4.78, 5) is 4.37. The highest BCUT2D eigenvalue weighted by Crippen LogP contribution is 2.28. The largest absolute Gasteiger partial charge is 0.338 e. The third-order valence-electron chi connectivity index (χ3n) is 3.28. The van der Waals surface area contributed by atoms with Gasteiger partial charge in [-0.3, -0.25) is 0 Å². The number of nitrogens with one attached hydrogen (secondary N) is 1. The van der Waals surface area contributed by atoms with E-state index >= 15 is 0 Å². The van der Waals surface area contributed by atoms with Gasteiger partial charge in [-0.1, -0.05) is 36.3 Å². The average Bonchev–Trinajstić information content (AvgIpc) is 2.97. The summed E-state index contributed by atoms with van der Waals surface area (Å²) in [5.41, 5.74) is 0.775. The first kappa shape index (κ1) is 13.7. The van der Waals surface area contributed by atoms with E-state index < -0.39 is 0 Å². The fourth-order valence-electron chi connectivity index (χ4n) is 2.27. The summed E-state index contributed by atoms with van der Waals surface area (Å²) in [6.07, 6.45) is 1.05. The van der Waals surface area contributed by atoms with Crippen molar-refractivity contribution in [2.24, 2.45) is 0 Å². The van der Waals surface area contributed by atoms with Crippen molar-refractivity contribution in [3.8, 4) is 11.4 Å². The van der Waals surface area contributed by atoms with Gasteiger partial charge in [-0.25, -0.2) is 4.39 Å². The van der Waals surface area contributed by atoms with E-state index in [1.165, 1.54) is 6.07 Å². The molecule has 0 fully saturated rings. The molecule has 21 heavy (non-hydrogen) atoms. The van der Waals surface area contributed by atoms with Gasteiger partial charge in [0.25, 0.3) is 0 Å². The van der Waals surface area contributed by atoms with Gasteiger partial charge >= 0.3 is 0 Å². The monoisotopic (exact) mass is 285 g/mol. The van der Waals surface area contributed by atoms with Crippen molar-refractivity contribution < 1.29 is 8.91 Å². The molecule has 5 heteroatoms. The molecule has 0 amide bonds. The number of aromatic nitrogens is 2. The Balaban J connectivity index is 1.96. The van der Waals surface area contributed by atoms with Crippen LogP contribution in [0.5, 0.6) is 0 Å². The lowest BCUT2D eigenvalue weighted by Gasteiger charge is -2.03. The molecule has 0 aliphatic heterocycles. The number of benzene rings is 2. The van der Waals surface area contributed by atoms with Gasteiger partial charge < -0.3 is 9.84 Å². The molecule has 0 unspecified atom stereocenters. The summed E-state index contributed by atoms with van der Waals surface area (Å²) < 4.78 is 19.0. The zero-order valence-electron chi connectivity index (χ0n) is 11.8. The predicted molar refractivity (Wildman–Crippen MR) is 79.2 cm³/mol. The van der Waals surface area contributed by atoms with E-state index in [0.717, 1.165) is 23.9 Å². The quantitative estimate of drug-likeness (QED) is 0.729.